The van der Waals surface area contributed by atoms with Crippen molar-refractivity contribution in [2.24, 2.45) is 7.05 Å². The molecule has 0 unspecified atom stereocenters. The fourth-order valence-corrected chi connectivity index (χ4v) is 1.85. The maximum absolute atomic E-state index is 12.0. The lowest BCUT2D eigenvalue weighted by Gasteiger charge is -2.11. The quantitative estimate of drug-likeness (QED) is 0.799. The molecule has 0 bridgehead atoms. The van der Waals surface area contributed by atoms with E-state index in [4.69, 9.17) is 21.1 Å². The number of hydrogen-bond donors (Lipinski definition) is 0. The van der Waals surface area contributed by atoms with E-state index in [1.807, 2.05) is 6.92 Å². The van der Waals surface area contributed by atoms with Gasteiger partial charge in [0.15, 0.2) is 11.5 Å². The van der Waals surface area contributed by atoms with E-state index >= 15 is 0 Å². The minimum absolute atomic E-state index is 0.138. The van der Waals surface area contributed by atoms with Gasteiger partial charge in [-0.1, -0.05) is 0 Å². The number of methoxy groups -OCH3 is 1. The third-order valence-electron chi connectivity index (χ3n) is 2.61. The summed E-state index contributed by atoms with van der Waals surface area (Å²) in [6.07, 6.45) is 0. The smallest absolute Gasteiger partial charge is 0.262 e. The van der Waals surface area contributed by atoms with Crippen LogP contribution in [0.25, 0.3) is 10.9 Å². The first kappa shape index (κ1) is 12.7. The second-order valence-corrected chi connectivity index (χ2v) is 4.04. The molecule has 0 spiro atoms. The molecule has 0 aliphatic heterocycles. The highest BCUT2D eigenvalue weighted by molar-refractivity contribution is 6.28. The first-order valence-corrected chi connectivity index (χ1v) is 5.83. The Kier molecular flexibility index (Phi) is 3.43. The zero-order chi connectivity index (χ0) is 13.3. The summed E-state index contributed by atoms with van der Waals surface area (Å²) >= 11 is 5.87. The predicted octanol–water partition coefficient (Wildman–Crippen LogP) is 1.99. The minimum atomic E-state index is -0.214. The molecular formula is C12H13ClN2O3. The second kappa shape index (κ2) is 4.86. The van der Waals surface area contributed by atoms with E-state index in [-0.39, 0.29) is 10.8 Å². The molecule has 0 atom stereocenters. The van der Waals surface area contributed by atoms with Crippen LogP contribution < -0.4 is 15.0 Å². The molecule has 2 aromatic rings. The molecule has 6 heteroatoms. The van der Waals surface area contributed by atoms with Gasteiger partial charge in [-0.3, -0.25) is 9.36 Å². The predicted molar refractivity (Wildman–Crippen MR) is 69.7 cm³/mol. The summed E-state index contributed by atoms with van der Waals surface area (Å²) in [5.41, 5.74) is 0.275. The number of nitrogens with zero attached hydrogens (tertiary/aromatic N) is 2. The van der Waals surface area contributed by atoms with Crippen molar-refractivity contribution in [1.82, 2.24) is 9.55 Å². The molecule has 5 nitrogen and oxygen atoms in total. The third kappa shape index (κ3) is 2.01. The van der Waals surface area contributed by atoms with Gasteiger partial charge >= 0.3 is 0 Å². The summed E-state index contributed by atoms with van der Waals surface area (Å²) in [5.74, 6) is 1.05. The fraction of sp³-hybridized carbons (Fsp3) is 0.333. The monoisotopic (exact) mass is 268 g/mol. The van der Waals surface area contributed by atoms with Crippen molar-refractivity contribution in [3.63, 3.8) is 0 Å². The Morgan fingerprint density at radius 1 is 1.39 bits per heavy atom. The van der Waals surface area contributed by atoms with E-state index in [9.17, 15) is 4.79 Å². The van der Waals surface area contributed by atoms with Crippen LogP contribution in [0.15, 0.2) is 16.9 Å². The van der Waals surface area contributed by atoms with Crippen LogP contribution in [0.3, 0.4) is 0 Å². The van der Waals surface area contributed by atoms with Gasteiger partial charge in [0.05, 0.1) is 24.6 Å². The molecule has 0 saturated heterocycles. The van der Waals surface area contributed by atoms with E-state index in [1.54, 1.807) is 19.2 Å². The molecule has 0 N–H and O–H groups in total. The van der Waals surface area contributed by atoms with Gasteiger partial charge < -0.3 is 9.47 Å². The van der Waals surface area contributed by atoms with Crippen LogP contribution in [-0.2, 0) is 7.05 Å². The van der Waals surface area contributed by atoms with E-state index in [2.05, 4.69) is 4.98 Å². The van der Waals surface area contributed by atoms with Crippen LogP contribution in [0.1, 0.15) is 6.92 Å². The number of rotatable bonds is 3. The Balaban J connectivity index is 2.79. The molecular weight excluding hydrogens is 256 g/mol. The fourth-order valence-electron chi connectivity index (χ4n) is 1.68. The van der Waals surface area contributed by atoms with Gasteiger partial charge in [0.2, 0.25) is 5.28 Å². The van der Waals surface area contributed by atoms with E-state index in [0.29, 0.717) is 29.0 Å². The van der Waals surface area contributed by atoms with E-state index in [0.717, 1.165) is 0 Å². The minimum Gasteiger partial charge on any atom is -0.493 e. The van der Waals surface area contributed by atoms with Crippen molar-refractivity contribution in [3.05, 3.63) is 27.8 Å². The van der Waals surface area contributed by atoms with Crippen LogP contribution in [-0.4, -0.2) is 23.3 Å². The van der Waals surface area contributed by atoms with E-state index < -0.39 is 0 Å². The number of hydrogen-bond acceptors (Lipinski definition) is 4. The van der Waals surface area contributed by atoms with Crippen molar-refractivity contribution in [2.45, 2.75) is 6.92 Å². The summed E-state index contributed by atoms with van der Waals surface area (Å²) in [7, 11) is 3.11. The SMILES string of the molecule is CCOc1cc2c(=O)n(C)c(Cl)nc2cc1OC. The Hall–Kier alpha value is -1.75. The molecule has 0 amide bonds. The van der Waals surface area contributed by atoms with Gasteiger partial charge in [0, 0.05) is 13.1 Å². The van der Waals surface area contributed by atoms with Crippen LogP contribution in [0.4, 0.5) is 0 Å². The number of halogens is 1. The van der Waals surface area contributed by atoms with Gasteiger partial charge in [0.25, 0.3) is 5.56 Å². The molecule has 1 aromatic heterocycles. The molecule has 0 saturated carbocycles. The molecule has 1 heterocycles. The Bertz CT molecular complexity index is 652. The standard InChI is InChI=1S/C12H13ClN2O3/c1-4-18-10-5-7-8(6-9(10)17-3)14-12(13)15(2)11(7)16/h5-6H,4H2,1-3H3. The number of aromatic nitrogens is 2. The second-order valence-electron chi connectivity index (χ2n) is 3.70. The normalized spacial score (nSPS) is 10.7. The first-order valence-electron chi connectivity index (χ1n) is 5.45. The summed E-state index contributed by atoms with van der Waals surface area (Å²) in [6.45, 7) is 2.35. The van der Waals surface area contributed by atoms with Crippen molar-refractivity contribution in [1.29, 1.82) is 0 Å². The maximum atomic E-state index is 12.0. The average molecular weight is 269 g/mol. The zero-order valence-corrected chi connectivity index (χ0v) is 11.1. The van der Waals surface area contributed by atoms with Crippen LogP contribution in [0.2, 0.25) is 5.28 Å². The van der Waals surface area contributed by atoms with Crippen molar-refractivity contribution >= 4 is 22.5 Å². The van der Waals surface area contributed by atoms with E-state index in [1.165, 1.54) is 11.7 Å². The van der Waals surface area contributed by atoms with Gasteiger partial charge in [-0.2, -0.15) is 0 Å². The number of ether oxygens (including phenoxy) is 2. The van der Waals surface area contributed by atoms with Gasteiger partial charge in [-0.25, -0.2) is 4.98 Å². The highest BCUT2D eigenvalue weighted by atomic mass is 35.5. The maximum Gasteiger partial charge on any atom is 0.262 e. The lowest BCUT2D eigenvalue weighted by molar-refractivity contribution is 0.311. The molecule has 0 radical (unpaired) electrons. The largest absolute Gasteiger partial charge is 0.493 e. The van der Waals surface area contributed by atoms with Crippen LogP contribution in [0, 0.1) is 0 Å². The zero-order valence-electron chi connectivity index (χ0n) is 10.4. The van der Waals surface area contributed by atoms with Crippen molar-refractivity contribution in [2.75, 3.05) is 13.7 Å². The molecule has 2 rings (SSSR count). The molecule has 0 fully saturated rings. The summed E-state index contributed by atoms with van der Waals surface area (Å²) < 4.78 is 11.9. The average Bonchev–Trinajstić information content (AvgIpc) is 2.37. The molecule has 1 aromatic carbocycles. The van der Waals surface area contributed by atoms with Crippen molar-refractivity contribution < 1.29 is 9.47 Å². The molecule has 96 valence electrons. The highest BCUT2D eigenvalue weighted by Gasteiger charge is 2.12. The Labute approximate surface area is 109 Å². The Morgan fingerprint density at radius 3 is 2.72 bits per heavy atom. The number of fused-ring (bicyclic) bond motifs is 1. The molecule has 0 aliphatic carbocycles. The molecule has 0 aliphatic rings. The topological polar surface area (TPSA) is 53.4 Å². The third-order valence-corrected chi connectivity index (χ3v) is 2.94. The highest BCUT2D eigenvalue weighted by Crippen LogP contribution is 2.30. The van der Waals surface area contributed by atoms with Crippen LogP contribution in [0.5, 0.6) is 11.5 Å². The number of benzene rings is 1. The van der Waals surface area contributed by atoms with Gasteiger partial charge in [-0.05, 0) is 24.6 Å². The summed E-state index contributed by atoms with van der Waals surface area (Å²) in [6, 6.07) is 3.27. The van der Waals surface area contributed by atoms with Gasteiger partial charge in [0.1, 0.15) is 0 Å². The van der Waals surface area contributed by atoms with Gasteiger partial charge in [-0.15, -0.1) is 0 Å². The Morgan fingerprint density at radius 2 is 2.11 bits per heavy atom. The summed E-state index contributed by atoms with van der Waals surface area (Å²) in [5, 5.41) is 0.588. The summed E-state index contributed by atoms with van der Waals surface area (Å²) in [4.78, 5) is 16.2. The lowest BCUT2D eigenvalue weighted by Crippen LogP contribution is -2.18. The first-order chi connectivity index (χ1) is 8.58. The van der Waals surface area contributed by atoms with Crippen molar-refractivity contribution in [3.8, 4) is 11.5 Å². The lowest BCUT2D eigenvalue weighted by atomic mass is 10.2. The van der Waals surface area contributed by atoms with Crippen LogP contribution >= 0.6 is 11.6 Å². The molecule has 18 heavy (non-hydrogen) atoms.